The zero-order valence-corrected chi connectivity index (χ0v) is 18.9. The molecule has 0 saturated carbocycles. The molecule has 7 heteroatoms. The van der Waals surface area contributed by atoms with Gasteiger partial charge in [-0.25, -0.2) is 0 Å². The Bertz CT molecular complexity index is 851. The molecular formula is C24H32N2O5. The van der Waals surface area contributed by atoms with E-state index in [1.165, 1.54) is 4.90 Å². The SMILES string of the molecule is COc1ccc(OCC(=O)N(Cc2cccc(OC)c2)C(C)C(=O)NCC(C)C)cc1. The summed E-state index contributed by atoms with van der Waals surface area (Å²) in [6.07, 6.45) is 0. The maximum atomic E-state index is 13.0. The average molecular weight is 429 g/mol. The van der Waals surface area contributed by atoms with Crippen molar-refractivity contribution in [3.05, 3.63) is 54.1 Å². The molecule has 0 aromatic heterocycles. The minimum atomic E-state index is -0.656. The number of ether oxygens (including phenoxy) is 3. The first-order valence-electron chi connectivity index (χ1n) is 10.3. The zero-order valence-electron chi connectivity index (χ0n) is 18.9. The molecule has 0 heterocycles. The lowest BCUT2D eigenvalue weighted by Crippen LogP contribution is -2.49. The van der Waals surface area contributed by atoms with Crippen LogP contribution in [-0.4, -0.2) is 50.1 Å². The monoisotopic (exact) mass is 428 g/mol. The van der Waals surface area contributed by atoms with E-state index in [2.05, 4.69) is 5.32 Å². The molecule has 0 bridgehead atoms. The second kappa shape index (κ2) is 11.8. The van der Waals surface area contributed by atoms with E-state index in [1.807, 2.05) is 38.1 Å². The standard InChI is InChI=1S/C24H32N2O5/c1-17(2)14-25-24(28)18(3)26(15-19-7-6-8-22(13-19)30-5)23(27)16-31-21-11-9-20(29-4)10-12-21/h6-13,17-18H,14-16H2,1-5H3,(H,25,28). The van der Waals surface area contributed by atoms with Crippen LogP contribution in [0.5, 0.6) is 17.2 Å². The predicted octanol–water partition coefficient (Wildman–Crippen LogP) is 3.27. The van der Waals surface area contributed by atoms with Crippen molar-refractivity contribution in [2.45, 2.75) is 33.4 Å². The van der Waals surface area contributed by atoms with Crippen LogP contribution in [0.2, 0.25) is 0 Å². The number of amides is 2. The number of hydrogen-bond donors (Lipinski definition) is 1. The minimum absolute atomic E-state index is 0.182. The summed E-state index contributed by atoms with van der Waals surface area (Å²) in [5.74, 6) is 1.77. The van der Waals surface area contributed by atoms with Gasteiger partial charge >= 0.3 is 0 Å². The predicted molar refractivity (Wildman–Crippen MR) is 119 cm³/mol. The number of methoxy groups -OCH3 is 2. The van der Waals surface area contributed by atoms with E-state index in [-0.39, 0.29) is 25.0 Å². The Morgan fingerprint density at radius 3 is 2.19 bits per heavy atom. The molecule has 1 unspecified atom stereocenters. The molecule has 168 valence electrons. The fourth-order valence-corrected chi connectivity index (χ4v) is 2.90. The van der Waals surface area contributed by atoms with E-state index >= 15 is 0 Å². The van der Waals surface area contributed by atoms with E-state index in [4.69, 9.17) is 14.2 Å². The van der Waals surface area contributed by atoms with Crippen LogP contribution in [0, 0.1) is 5.92 Å². The first-order chi connectivity index (χ1) is 14.8. The molecule has 0 radical (unpaired) electrons. The van der Waals surface area contributed by atoms with Crippen LogP contribution in [0.25, 0.3) is 0 Å². The summed E-state index contributed by atoms with van der Waals surface area (Å²) in [4.78, 5) is 27.2. The summed E-state index contributed by atoms with van der Waals surface area (Å²) in [7, 11) is 3.17. The van der Waals surface area contributed by atoms with Crippen molar-refractivity contribution in [1.29, 1.82) is 0 Å². The van der Waals surface area contributed by atoms with Crippen molar-refractivity contribution in [2.24, 2.45) is 5.92 Å². The van der Waals surface area contributed by atoms with E-state index < -0.39 is 6.04 Å². The van der Waals surface area contributed by atoms with Crippen LogP contribution in [0.3, 0.4) is 0 Å². The molecule has 2 rings (SSSR count). The number of carbonyl (C=O) groups is 2. The van der Waals surface area contributed by atoms with Crippen LogP contribution in [0.15, 0.2) is 48.5 Å². The summed E-state index contributed by atoms with van der Waals surface area (Å²) in [6.45, 7) is 6.39. The first-order valence-corrected chi connectivity index (χ1v) is 10.3. The number of rotatable bonds is 11. The molecule has 1 atom stereocenters. The van der Waals surface area contributed by atoms with Gasteiger partial charge in [0.2, 0.25) is 5.91 Å². The van der Waals surface area contributed by atoms with Gasteiger partial charge < -0.3 is 24.4 Å². The third kappa shape index (κ3) is 7.51. The Balaban J connectivity index is 2.13. The lowest BCUT2D eigenvalue weighted by Gasteiger charge is -2.29. The van der Waals surface area contributed by atoms with Gasteiger partial charge in [0.25, 0.3) is 5.91 Å². The van der Waals surface area contributed by atoms with Crippen molar-refractivity contribution in [3.63, 3.8) is 0 Å². The summed E-state index contributed by atoms with van der Waals surface area (Å²) < 4.78 is 16.1. The van der Waals surface area contributed by atoms with Crippen molar-refractivity contribution < 1.29 is 23.8 Å². The van der Waals surface area contributed by atoms with Crippen molar-refractivity contribution in [2.75, 3.05) is 27.4 Å². The summed E-state index contributed by atoms with van der Waals surface area (Å²) >= 11 is 0. The zero-order chi connectivity index (χ0) is 22.8. The summed E-state index contributed by atoms with van der Waals surface area (Å²) in [6, 6.07) is 13.8. The molecule has 2 aromatic rings. The van der Waals surface area contributed by atoms with Crippen molar-refractivity contribution in [1.82, 2.24) is 10.2 Å². The van der Waals surface area contributed by atoms with Crippen LogP contribution < -0.4 is 19.5 Å². The van der Waals surface area contributed by atoms with Crippen LogP contribution in [0.4, 0.5) is 0 Å². The topological polar surface area (TPSA) is 77.1 Å². The van der Waals surface area contributed by atoms with Gasteiger partial charge in [0.15, 0.2) is 6.61 Å². The number of hydrogen-bond acceptors (Lipinski definition) is 5. The van der Waals surface area contributed by atoms with Crippen LogP contribution in [-0.2, 0) is 16.1 Å². The maximum absolute atomic E-state index is 13.0. The van der Waals surface area contributed by atoms with E-state index in [9.17, 15) is 9.59 Å². The summed E-state index contributed by atoms with van der Waals surface area (Å²) in [5, 5.41) is 2.90. The highest BCUT2D eigenvalue weighted by Gasteiger charge is 2.26. The number of nitrogens with zero attached hydrogens (tertiary/aromatic N) is 1. The van der Waals surface area contributed by atoms with Gasteiger partial charge in [0, 0.05) is 13.1 Å². The van der Waals surface area contributed by atoms with Crippen LogP contribution >= 0.6 is 0 Å². The van der Waals surface area contributed by atoms with Gasteiger partial charge in [0.05, 0.1) is 14.2 Å². The van der Waals surface area contributed by atoms with Gasteiger partial charge in [-0.3, -0.25) is 9.59 Å². The normalized spacial score (nSPS) is 11.5. The Labute approximate surface area is 184 Å². The lowest BCUT2D eigenvalue weighted by atomic mass is 10.1. The second-order valence-corrected chi connectivity index (χ2v) is 7.65. The highest BCUT2D eigenvalue weighted by Crippen LogP contribution is 2.19. The van der Waals surface area contributed by atoms with Crippen molar-refractivity contribution >= 4 is 11.8 Å². The van der Waals surface area contributed by atoms with Gasteiger partial charge in [-0.2, -0.15) is 0 Å². The second-order valence-electron chi connectivity index (χ2n) is 7.65. The highest BCUT2D eigenvalue weighted by molar-refractivity contribution is 5.88. The lowest BCUT2D eigenvalue weighted by molar-refractivity contribution is -0.142. The molecular weight excluding hydrogens is 396 g/mol. The van der Waals surface area contributed by atoms with E-state index in [1.54, 1.807) is 45.4 Å². The van der Waals surface area contributed by atoms with Crippen LogP contribution in [0.1, 0.15) is 26.3 Å². The number of nitrogens with one attached hydrogen (secondary N) is 1. The molecule has 2 amide bonds. The third-order valence-electron chi connectivity index (χ3n) is 4.76. The Kier molecular flexibility index (Phi) is 9.18. The first kappa shape index (κ1) is 24.1. The number of carbonyl (C=O) groups excluding carboxylic acids is 2. The molecule has 31 heavy (non-hydrogen) atoms. The molecule has 0 aliphatic carbocycles. The fraction of sp³-hybridized carbons (Fsp3) is 0.417. The molecule has 1 N–H and O–H groups in total. The number of benzene rings is 2. The maximum Gasteiger partial charge on any atom is 0.261 e. The van der Waals surface area contributed by atoms with E-state index in [0.29, 0.717) is 29.7 Å². The van der Waals surface area contributed by atoms with Crippen molar-refractivity contribution in [3.8, 4) is 17.2 Å². The van der Waals surface area contributed by atoms with Gasteiger partial charge in [-0.1, -0.05) is 26.0 Å². The average Bonchev–Trinajstić information content (AvgIpc) is 2.79. The Morgan fingerprint density at radius 2 is 1.58 bits per heavy atom. The highest BCUT2D eigenvalue weighted by atomic mass is 16.5. The largest absolute Gasteiger partial charge is 0.497 e. The Hall–Kier alpha value is -3.22. The smallest absolute Gasteiger partial charge is 0.261 e. The molecule has 7 nitrogen and oxygen atoms in total. The molecule has 0 saturated heterocycles. The Morgan fingerprint density at radius 1 is 0.935 bits per heavy atom. The molecule has 0 aliphatic rings. The molecule has 0 aliphatic heterocycles. The minimum Gasteiger partial charge on any atom is -0.497 e. The quantitative estimate of drug-likeness (QED) is 0.594. The van der Waals surface area contributed by atoms with Gasteiger partial charge in [-0.15, -0.1) is 0 Å². The molecule has 2 aromatic carbocycles. The molecule has 0 fully saturated rings. The van der Waals surface area contributed by atoms with Gasteiger partial charge in [-0.05, 0) is 54.8 Å². The summed E-state index contributed by atoms with van der Waals surface area (Å²) in [5.41, 5.74) is 0.862. The molecule has 0 spiro atoms. The van der Waals surface area contributed by atoms with Gasteiger partial charge in [0.1, 0.15) is 23.3 Å². The fourth-order valence-electron chi connectivity index (χ4n) is 2.90. The van der Waals surface area contributed by atoms with E-state index in [0.717, 1.165) is 5.56 Å². The third-order valence-corrected chi connectivity index (χ3v) is 4.76.